The highest BCUT2D eigenvalue weighted by atomic mass is 16.5. The molecule has 0 spiro atoms. The SMILES string of the molecule is COc1ccc(-c2ccc(-c3noc(C4(C)CCNC4=O)n3)cc2)cc1. The summed E-state index contributed by atoms with van der Waals surface area (Å²) in [7, 11) is 1.65. The topological polar surface area (TPSA) is 77.3 Å². The van der Waals surface area contributed by atoms with E-state index in [1.807, 2.05) is 55.5 Å². The fourth-order valence-corrected chi connectivity index (χ4v) is 3.10. The lowest BCUT2D eigenvalue weighted by atomic mass is 9.89. The molecule has 1 fully saturated rings. The molecule has 26 heavy (non-hydrogen) atoms. The molecule has 0 bridgehead atoms. The van der Waals surface area contributed by atoms with Gasteiger partial charge in [0.05, 0.1) is 7.11 Å². The summed E-state index contributed by atoms with van der Waals surface area (Å²) in [5, 5.41) is 6.87. The molecule has 3 aromatic rings. The summed E-state index contributed by atoms with van der Waals surface area (Å²) < 4.78 is 10.6. The summed E-state index contributed by atoms with van der Waals surface area (Å²) in [5.74, 6) is 1.61. The Hall–Kier alpha value is -3.15. The molecule has 6 heteroatoms. The minimum Gasteiger partial charge on any atom is -0.497 e. The van der Waals surface area contributed by atoms with E-state index in [1.54, 1.807) is 7.11 Å². The predicted molar refractivity (Wildman–Crippen MR) is 96.7 cm³/mol. The highest BCUT2D eigenvalue weighted by molar-refractivity contribution is 5.88. The molecule has 2 aromatic carbocycles. The average molecular weight is 349 g/mol. The highest BCUT2D eigenvalue weighted by Crippen LogP contribution is 2.32. The van der Waals surface area contributed by atoms with E-state index in [0.717, 1.165) is 22.4 Å². The van der Waals surface area contributed by atoms with Crippen molar-refractivity contribution in [3.05, 3.63) is 54.4 Å². The summed E-state index contributed by atoms with van der Waals surface area (Å²) in [6.07, 6.45) is 0.657. The molecule has 0 aliphatic carbocycles. The second kappa shape index (κ2) is 6.29. The van der Waals surface area contributed by atoms with Crippen molar-refractivity contribution in [2.75, 3.05) is 13.7 Å². The molecule has 2 heterocycles. The Balaban J connectivity index is 1.58. The van der Waals surface area contributed by atoms with Gasteiger partial charge in [-0.15, -0.1) is 0 Å². The third-order valence-electron chi connectivity index (χ3n) is 4.88. The van der Waals surface area contributed by atoms with Gasteiger partial charge in [0.25, 0.3) is 0 Å². The monoisotopic (exact) mass is 349 g/mol. The van der Waals surface area contributed by atoms with Crippen molar-refractivity contribution in [3.8, 4) is 28.3 Å². The van der Waals surface area contributed by atoms with Gasteiger partial charge >= 0.3 is 0 Å². The Morgan fingerprint density at radius 3 is 2.23 bits per heavy atom. The summed E-state index contributed by atoms with van der Waals surface area (Å²) in [5.41, 5.74) is 2.29. The van der Waals surface area contributed by atoms with Crippen LogP contribution < -0.4 is 10.1 Å². The number of carbonyl (C=O) groups is 1. The molecule has 1 aliphatic heterocycles. The van der Waals surface area contributed by atoms with E-state index >= 15 is 0 Å². The number of hydrogen-bond donors (Lipinski definition) is 1. The maximum Gasteiger partial charge on any atom is 0.242 e. The van der Waals surface area contributed by atoms with Gasteiger partial charge in [0.1, 0.15) is 11.2 Å². The quantitative estimate of drug-likeness (QED) is 0.783. The fourth-order valence-electron chi connectivity index (χ4n) is 3.10. The molecule has 1 atom stereocenters. The third kappa shape index (κ3) is 2.73. The molecule has 4 rings (SSSR count). The number of nitrogens with zero attached hydrogens (tertiary/aromatic N) is 2. The fraction of sp³-hybridized carbons (Fsp3) is 0.250. The van der Waals surface area contributed by atoms with Gasteiger partial charge in [-0.05, 0) is 36.6 Å². The number of carbonyl (C=O) groups excluding carboxylic acids is 1. The van der Waals surface area contributed by atoms with Crippen LogP contribution in [0.3, 0.4) is 0 Å². The maximum absolute atomic E-state index is 12.0. The lowest BCUT2D eigenvalue weighted by molar-refractivity contribution is -0.124. The second-order valence-corrected chi connectivity index (χ2v) is 6.57. The van der Waals surface area contributed by atoms with E-state index in [4.69, 9.17) is 9.26 Å². The molecule has 0 saturated carbocycles. The number of methoxy groups -OCH3 is 1. The number of amides is 1. The van der Waals surface area contributed by atoms with Gasteiger partial charge in [0.15, 0.2) is 0 Å². The average Bonchev–Trinajstić information content (AvgIpc) is 3.30. The molecule has 1 N–H and O–H groups in total. The Bertz CT molecular complexity index is 932. The van der Waals surface area contributed by atoms with Crippen molar-refractivity contribution in [2.24, 2.45) is 0 Å². The zero-order valence-corrected chi connectivity index (χ0v) is 14.7. The standard InChI is InChI=1S/C20H19N3O3/c1-20(11-12-21-18(20)24)19-22-17(23-26-19)15-5-3-13(4-6-15)14-7-9-16(25-2)10-8-14/h3-10H,11-12H2,1-2H3,(H,21,24). The Morgan fingerprint density at radius 2 is 1.65 bits per heavy atom. The first-order valence-corrected chi connectivity index (χ1v) is 8.47. The molecular weight excluding hydrogens is 330 g/mol. The van der Waals surface area contributed by atoms with E-state index in [-0.39, 0.29) is 5.91 Å². The van der Waals surface area contributed by atoms with Gasteiger partial charge in [0.2, 0.25) is 17.6 Å². The van der Waals surface area contributed by atoms with Gasteiger partial charge in [-0.25, -0.2) is 0 Å². The molecule has 1 unspecified atom stereocenters. The number of aromatic nitrogens is 2. The second-order valence-electron chi connectivity index (χ2n) is 6.57. The minimum absolute atomic E-state index is 0.0671. The molecule has 1 aromatic heterocycles. The normalized spacial score (nSPS) is 19.4. The largest absolute Gasteiger partial charge is 0.497 e. The van der Waals surface area contributed by atoms with Crippen LogP contribution in [0.25, 0.3) is 22.5 Å². The lowest BCUT2D eigenvalue weighted by Crippen LogP contribution is -2.32. The van der Waals surface area contributed by atoms with Crippen LogP contribution in [0.5, 0.6) is 5.75 Å². The van der Waals surface area contributed by atoms with Crippen LogP contribution >= 0.6 is 0 Å². The number of nitrogens with one attached hydrogen (secondary N) is 1. The minimum atomic E-state index is -0.742. The molecule has 1 aliphatic rings. The number of rotatable bonds is 4. The molecule has 132 valence electrons. The zero-order chi connectivity index (χ0) is 18.1. The van der Waals surface area contributed by atoms with Crippen molar-refractivity contribution in [1.29, 1.82) is 0 Å². The van der Waals surface area contributed by atoms with Crippen molar-refractivity contribution in [2.45, 2.75) is 18.8 Å². The van der Waals surface area contributed by atoms with Gasteiger partial charge in [-0.1, -0.05) is 41.6 Å². The van der Waals surface area contributed by atoms with Crippen molar-refractivity contribution < 1.29 is 14.1 Å². The maximum atomic E-state index is 12.0. The van der Waals surface area contributed by atoms with E-state index in [1.165, 1.54) is 0 Å². The molecule has 1 saturated heterocycles. The van der Waals surface area contributed by atoms with E-state index in [0.29, 0.717) is 24.7 Å². The van der Waals surface area contributed by atoms with Crippen LogP contribution in [0.1, 0.15) is 19.2 Å². The van der Waals surface area contributed by atoms with Gasteiger partial charge < -0.3 is 14.6 Å². The van der Waals surface area contributed by atoms with E-state index in [2.05, 4.69) is 15.5 Å². The summed E-state index contributed by atoms with van der Waals surface area (Å²) in [6.45, 7) is 2.46. The molecular formula is C20H19N3O3. The smallest absolute Gasteiger partial charge is 0.242 e. The molecule has 1 amide bonds. The summed E-state index contributed by atoms with van der Waals surface area (Å²) in [4.78, 5) is 16.5. The van der Waals surface area contributed by atoms with Crippen molar-refractivity contribution in [1.82, 2.24) is 15.5 Å². The van der Waals surface area contributed by atoms with E-state index < -0.39 is 5.41 Å². The molecule has 0 radical (unpaired) electrons. The van der Waals surface area contributed by atoms with Crippen LogP contribution in [0.2, 0.25) is 0 Å². The van der Waals surface area contributed by atoms with Crippen LogP contribution in [-0.4, -0.2) is 29.7 Å². The van der Waals surface area contributed by atoms with Crippen molar-refractivity contribution in [3.63, 3.8) is 0 Å². The zero-order valence-electron chi connectivity index (χ0n) is 14.7. The van der Waals surface area contributed by atoms with Gasteiger partial charge in [-0.3, -0.25) is 4.79 Å². The highest BCUT2D eigenvalue weighted by Gasteiger charge is 2.44. The first kappa shape index (κ1) is 16.3. The number of benzene rings is 2. The number of hydrogen-bond acceptors (Lipinski definition) is 5. The van der Waals surface area contributed by atoms with Gasteiger partial charge in [0, 0.05) is 12.1 Å². The lowest BCUT2D eigenvalue weighted by Gasteiger charge is -2.13. The third-order valence-corrected chi connectivity index (χ3v) is 4.88. The van der Waals surface area contributed by atoms with Crippen LogP contribution in [-0.2, 0) is 10.2 Å². The predicted octanol–water partition coefficient (Wildman–Crippen LogP) is 3.19. The van der Waals surface area contributed by atoms with Crippen molar-refractivity contribution >= 4 is 5.91 Å². The van der Waals surface area contributed by atoms with Crippen LogP contribution in [0, 0.1) is 0 Å². The Labute approximate surface area is 151 Å². The number of ether oxygens (including phenoxy) is 1. The van der Waals surface area contributed by atoms with Crippen LogP contribution in [0.15, 0.2) is 53.1 Å². The first-order chi connectivity index (χ1) is 12.6. The van der Waals surface area contributed by atoms with Gasteiger partial charge in [-0.2, -0.15) is 4.98 Å². The van der Waals surface area contributed by atoms with Crippen LogP contribution in [0.4, 0.5) is 0 Å². The summed E-state index contributed by atoms with van der Waals surface area (Å²) in [6, 6.07) is 15.8. The van der Waals surface area contributed by atoms with E-state index in [9.17, 15) is 4.79 Å². The first-order valence-electron chi connectivity index (χ1n) is 8.47. The summed E-state index contributed by atoms with van der Waals surface area (Å²) >= 11 is 0. The Kier molecular flexibility index (Phi) is 3.95. The Morgan fingerprint density at radius 1 is 1.04 bits per heavy atom. The molecule has 6 nitrogen and oxygen atoms in total.